The zero-order valence-corrected chi connectivity index (χ0v) is 14.2. The van der Waals surface area contributed by atoms with Crippen LogP contribution in [0.15, 0.2) is 24.3 Å². The zero-order chi connectivity index (χ0) is 18.0. The second-order valence-corrected chi connectivity index (χ2v) is 6.49. The van der Waals surface area contributed by atoms with Crippen molar-refractivity contribution in [1.82, 2.24) is 4.90 Å². The summed E-state index contributed by atoms with van der Waals surface area (Å²) in [6, 6.07) is 6.72. The van der Waals surface area contributed by atoms with Crippen LogP contribution in [0.25, 0.3) is 0 Å². The quantitative estimate of drug-likeness (QED) is 0.450. The fourth-order valence-corrected chi connectivity index (χ4v) is 3.76. The highest BCUT2D eigenvalue weighted by atomic mass is 16.5. The Hall–Kier alpha value is -2.50. The number of nitrogens with zero attached hydrogens (tertiary/aromatic N) is 1. The number of ketones is 1. The minimum Gasteiger partial charge on any atom is -0.465 e. The Kier molecular flexibility index (Phi) is 4.70. The van der Waals surface area contributed by atoms with E-state index in [0.717, 1.165) is 0 Å². The molecule has 1 aliphatic heterocycles. The molecule has 6 heteroatoms. The number of amides is 2. The van der Waals surface area contributed by atoms with Gasteiger partial charge in [-0.05, 0) is 44.7 Å². The summed E-state index contributed by atoms with van der Waals surface area (Å²) in [5.74, 6) is -1.19. The average Bonchev–Trinajstić information content (AvgIpc) is 3.09. The van der Waals surface area contributed by atoms with Crippen LogP contribution >= 0.6 is 0 Å². The Balaban J connectivity index is 1.68. The van der Waals surface area contributed by atoms with Gasteiger partial charge in [0.2, 0.25) is 0 Å². The van der Waals surface area contributed by atoms with Crippen LogP contribution in [-0.4, -0.2) is 41.6 Å². The van der Waals surface area contributed by atoms with E-state index in [-0.39, 0.29) is 30.7 Å². The van der Waals surface area contributed by atoms with E-state index in [9.17, 15) is 19.2 Å². The molecular formula is C19H21NO5. The van der Waals surface area contributed by atoms with Crippen molar-refractivity contribution >= 4 is 23.6 Å². The molecule has 0 N–H and O–H groups in total. The van der Waals surface area contributed by atoms with E-state index < -0.39 is 11.4 Å². The first kappa shape index (κ1) is 17.3. The third-order valence-corrected chi connectivity index (χ3v) is 5.07. The molecule has 0 bridgehead atoms. The average molecular weight is 343 g/mol. The van der Waals surface area contributed by atoms with Crippen LogP contribution in [0.2, 0.25) is 0 Å². The lowest BCUT2D eigenvalue weighted by Crippen LogP contribution is -2.38. The molecule has 1 aliphatic carbocycles. The second kappa shape index (κ2) is 6.78. The summed E-state index contributed by atoms with van der Waals surface area (Å²) >= 11 is 0. The van der Waals surface area contributed by atoms with Crippen LogP contribution < -0.4 is 0 Å². The van der Waals surface area contributed by atoms with E-state index in [4.69, 9.17) is 4.74 Å². The van der Waals surface area contributed by atoms with Gasteiger partial charge in [0, 0.05) is 13.0 Å². The number of hydrogen-bond acceptors (Lipinski definition) is 5. The van der Waals surface area contributed by atoms with Gasteiger partial charge in [-0.25, -0.2) is 0 Å². The molecule has 25 heavy (non-hydrogen) atoms. The van der Waals surface area contributed by atoms with Gasteiger partial charge in [0.25, 0.3) is 11.8 Å². The Morgan fingerprint density at radius 1 is 1.16 bits per heavy atom. The molecule has 1 unspecified atom stereocenters. The van der Waals surface area contributed by atoms with Crippen LogP contribution in [0.4, 0.5) is 0 Å². The van der Waals surface area contributed by atoms with E-state index in [2.05, 4.69) is 0 Å². The minimum absolute atomic E-state index is 0.0895. The van der Waals surface area contributed by atoms with Crippen molar-refractivity contribution < 1.29 is 23.9 Å². The standard InChI is InChI=1S/C19H21NO5/c1-2-25-18(24)19(10-5-9-15(19)21)11-6-12-20-16(22)13-7-3-4-8-14(13)17(20)23/h3-4,7-8H,2,5-6,9-12H2,1H3. The van der Waals surface area contributed by atoms with Crippen molar-refractivity contribution in [1.29, 1.82) is 0 Å². The molecule has 0 radical (unpaired) electrons. The smallest absolute Gasteiger partial charge is 0.319 e. The lowest BCUT2D eigenvalue weighted by Gasteiger charge is -2.25. The van der Waals surface area contributed by atoms with Crippen molar-refractivity contribution in [3.8, 4) is 0 Å². The number of hydrogen-bond donors (Lipinski definition) is 0. The molecule has 1 saturated carbocycles. The highest BCUT2D eigenvalue weighted by Gasteiger charge is 2.49. The predicted molar refractivity (Wildman–Crippen MR) is 89.0 cm³/mol. The third kappa shape index (κ3) is 2.86. The largest absolute Gasteiger partial charge is 0.465 e. The van der Waals surface area contributed by atoms with Crippen LogP contribution in [0.1, 0.15) is 59.7 Å². The van der Waals surface area contributed by atoms with Gasteiger partial charge in [-0.2, -0.15) is 0 Å². The molecule has 0 aromatic heterocycles. The first-order chi connectivity index (χ1) is 12.0. The SMILES string of the molecule is CCOC(=O)C1(CCCN2C(=O)c3ccccc3C2=O)CCCC1=O. The Labute approximate surface area is 146 Å². The summed E-state index contributed by atoms with van der Waals surface area (Å²) in [5.41, 5.74) is -0.289. The van der Waals surface area contributed by atoms with E-state index >= 15 is 0 Å². The Morgan fingerprint density at radius 2 is 1.80 bits per heavy atom. The summed E-state index contributed by atoms with van der Waals surface area (Å²) < 4.78 is 5.11. The molecule has 1 aromatic carbocycles. The van der Waals surface area contributed by atoms with E-state index in [0.29, 0.717) is 43.2 Å². The van der Waals surface area contributed by atoms with Gasteiger partial charge >= 0.3 is 5.97 Å². The predicted octanol–water partition coefficient (Wildman–Crippen LogP) is 2.37. The van der Waals surface area contributed by atoms with Gasteiger partial charge in [-0.3, -0.25) is 24.1 Å². The van der Waals surface area contributed by atoms with Crippen molar-refractivity contribution in [2.24, 2.45) is 5.41 Å². The van der Waals surface area contributed by atoms with Crippen molar-refractivity contribution in [3.05, 3.63) is 35.4 Å². The first-order valence-electron chi connectivity index (χ1n) is 8.67. The molecule has 1 fully saturated rings. The Morgan fingerprint density at radius 3 is 2.32 bits per heavy atom. The number of carbonyl (C=O) groups excluding carboxylic acids is 4. The number of imide groups is 1. The fraction of sp³-hybridized carbons (Fsp3) is 0.474. The van der Waals surface area contributed by atoms with Gasteiger partial charge in [0.05, 0.1) is 17.7 Å². The normalized spacial score (nSPS) is 22.4. The number of benzene rings is 1. The fourth-order valence-electron chi connectivity index (χ4n) is 3.76. The number of rotatable bonds is 6. The van der Waals surface area contributed by atoms with Crippen LogP contribution in [0, 0.1) is 5.41 Å². The number of Topliss-reactive ketones (excluding diaryl/α,β-unsaturated/α-hetero) is 1. The van der Waals surface area contributed by atoms with E-state index in [1.54, 1.807) is 31.2 Å². The summed E-state index contributed by atoms with van der Waals surface area (Å²) in [6.45, 7) is 2.14. The molecule has 0 saturated heterocycles. The maximum absolute atomic E-state index is 12.4. The maximum atomic E-state index is 12.4. The maximum Gasteiger partial charge on any atom is 0.319 e. The minimum atomic E-state index is -1.10. The van der Waals surface area contributed by atoms with Gasteiger partial charge in [-0.15, -0.1) is 0 Å². The number of fused-ring (bicyclic) bond motifs is 1. The summed E-state index contributed by atoms with van der Waals surface area (Å²) in [5, 5.41) is 0. The topological polar surface area (TPSA) is 80.8 Å². The number of esters is 1. The molecule has 1 heterocycles. The number of ether oxygens (including phenoxy) is 1. The molecule has 0 spiro atoms. The first-order valence-corrected chi connectivity index (χ1v) is 8.67. The second-order valence-electron chi connectivity index (χ2n) is 6.49. The van der Waals surface area contributed by atoms with Crippen LogP contribution in [-0.2, 0) is 14.3 Å². The lowest BCUT2D eigenvalue weighted by atomic mass is 9.80. The molecule has 6 nitrogen and oxygen atoms in total. The van der Waals surface area contributed by atoms with Gasteiger partial charge in [0.1, 0.15) is 11.2 Å². The van der Waals surface area contributed by atoms with Gasteiger partial charge in [-0.1, -0.05) is 12.1 Å². The van der Waals surface area contributed by atoms with Crippen LogP contribution in [0.3, 0.4) is 0 Å². The molecule has 3 rings (SSSR count). The van der Waals surface area contributed by atoms with Crippen molar-refractivity contribution in [3.63, 3.8) is 0 Å². The molecule has 1 atom stereocenters. The highest BCUT2D eigenvalue weighted by Crippen LogP contribution is 2.40. The number of carbonyl (C=O) groups is 4. The molecule has 2 aliphatic rings. The molecule has 1 aromatic rings. The van der Waals surface area contributed by atoms with Crippen molar-refractivity contribution in [2.75, 3.05) is 13.2 Å². The monoisotopic (exact) mass is 343 g/mol. The molecule has 2 amide bonds. The summed E-state index contributed by atoms with van der Waals surface area (Å²) in [7, 11) is 0. The highest BCUT2D eigenvalue weighted by molar-refractivity contribution is 6.21. The van der Waals surface area contributed by atoms with Crippen LogP contribution in [0.5, 0.6) is 0 Å². The third-order valence-electron chi connectivity index (χ3n) is 5.07. The molecule has 132 valence electrons. The summed E-state index contributed by atoms with van der Waals surface area (Å²) in [6.07, 6.45) is 2.23. The zero-order valence-electron chi connectivity index (χ0n) is 14.2. The summed E-state index contributed by atoms with van der Waals surface area (Å²) in [4.78, 5) is 50.5. The molecular weight excluding hydrogens is 322 g/mol. The van der Waals surface area contributed by atoms with E-state index in [1.165, 1.54) is 4.90 Å². The van der Waals surface area contributed by atoms with Crippen molar-refractivity contribution in [2.45, 2.75) is 39.0 Å². The lowest BCUT2D eigenvalue weighted by molar-refractivity contribution is -0.159. The van der Waals surface area contributed by atoms with Gasteiger partial charge in [0.15, 0.2) is 0 Å². The van der Waals surface area contributed by atoms with E-state index in [1.807, 2.05) is 0 Å². The van der Waals surface area contributed by atoms with Gasteiger partial charge < -0.3 is 4.74 Å². The Bertz CT molecular complexity index is 706.